The average Bonchev–Trinajstić information content (AvgIpc) is 3.06. The second kappa shape index (κ2) is 9.87. The van der Waals surface area contributed by atoms with E-state index < -0.39 is 0 Å². The SMILES string of the molecule is Cc1ccccc1-n1c(-c2ccc(Cl)cc2Cl)nn(CC(=O)Nc2ccc(Cl)c(Cl)c2)c1=S. The first kappa shape index (κ1) is 23.8. The number of nitrogens with zero attached hydrogens (tertiary/aromatic N) is 3. The van der Waals surface area contributed by atoms with Crippen molar-refractivity contribution in [1.29, 1.82) is 0 Å². The maximum Gasteiger partial charge on any atom is 0.246 e. The van der Waals surface area contributed by atoms with Crippen molar-refractivity contribution in [2.45, 2.75) is 13.5 Å². The molecule has 0 spiro atoms. The lowest BCUT2D eigenvalue weighted by atomic mass is 10.1. The minimum atomic E-state index is -0.326. The van der Waals surface area contributed by atoms with Crippen molar-refractivity contribution in [3.05, 3.63) is 91.1 Å². The van der Waals surface area contributed by atoms with Crippen LogP contribution in [0, 0.1) is 11.7 Å². The molecule has 5 nitrogen and oxygen atoms in total. The van der Waals surface area contributed by atoms with E-state index in [9.17, 15) is 4.79 Å². The predicted molar refractivity (Wildman–Crippen MR) is 138 cm³/mol. The minimum absolute atomic E-state index is 0.115. The Morgan fingerprint density at radius 3 is 2.42 bits per heavy atom. The second-order valence-corrected chi connectivity index (χ2v) is 9.21. The topological polar surface area (TPSA) is 51.9 Å². The van der Waals surface area contributed by atoms with Crippen LogP contribution in [0.3, 0.4) is 0 Å². The van der Waals surface area contributed by atoms with E-state index in [1.807, 2.05) is 31.2 Å². The molecule has 1 heterocycles. The zero-order valence-corrected chi connectivity index (χ0v) is 21.0. The molecule has 168 valence electrons. The summed E-state index contributed by atoms with van der Waals surface area (Å²) in [7, 11) is 0. The number of rotatable bonds is 5. The van der Waals surface area contributed by atoms with Crippen LogP contribution in [0.5, 0.6) is 0 Å². The van der Waals surface area contributed by atoms with E-state index in [0.717, 1.165) is 11.3 Å². The van der Waals surface area contributed by atoms with Crippen LogP contribution in [0.1, 0.15) is 5.56 Å². The van der Waals surface area contributed by atoms with Gasteiger partial charge in [-0.05, 0) is 67.2 Å². The molecule has 0 aliphatic heterocycles. The number of nitrogens with one attached hydrogen (secondary N) is 1. The third kappa shape index (κ3) is 5.10. The van der Waals surface area contributed by atoms with Crippen molar-refractivity contribution in [3.8, 4) is 17.1 Å². The van der Waals surface area contributed by atoms with E-state index in [1.54, 1.807) is 41.0 Å². The predicted octanol–water partition coefficient (Wildman–Crippen LogP) is 7.63. The first-order valence-corrected chi connectivity index (χ1v) is 11.6. The fourth-order valence-electron chi connectivity index (χ4n) is 3.30. The van der Waals surface area contributed by atoms with Gasteiger partial charge >= 0.3 is 0 Å². The van der Waals surface area contributed by atoms with E-state index in [-0.39, 0.29) is 12.5 Å². The van der Waals surface area contributed by atoms with Crippen molar-refractivity contribution >= 4 is 70.2 Å². The Labute approximate surface area is 215 Å². The molecule has 0 saturated carbocycles. The summed E-state index contributed by atoms with van der Waals surface area (Å²) >= 11 is 30.3. The molecule has 4 aromatic rings. The maximum absolute atomic E-state index is 12.8. The highest BCUT2D eigenvalue weighted by molar-refractivity contribution is 7.71. The van der Waals surface area contributed by atoms with Gasteiger partial charge in [-0.1, -0.05) is 64.6 Å². The number of hydrogen-bond donors (Lipinski definition) is 1. The van der Waals surface area contributed by atoms with Crippen molar-refractivity contribution in [2.24, 2.45) is 0 Å². The molecule has 0 saturated heterocycles. The van der Waals surface area contributed by atoms with Gasteiger partial charge in [0.2, 0.25) is 10.7 Å². The largest absolute Gasteiger partial charge is 0.324 e. The van der Waals surface area contributed by atoms with Gasteiger partial charge in [0.05, 0.1) is 20.8 Å². The van der Waals surface area contributed by atoms with E-state index in [2.05, 4.69) is 10.4 Å². The molecule has 0 atom stereocenters. The lowest BCUT2D eigenvalue weighted by molar-refractivity contribution is -0.116. The number of aromatic nitrogens is 3. The van der Waals surface area contributed by atoms with Gasteiger partial charge < -0.3 is 5.32 Å². The van der Waals surface area contributed by atoms with Gasteiger partial charge in [-0.15, -0.1) is 0 Å². The van der Waals surface area contributed by atoms with Gasteiger partial charge in [0.15, 0.2) is 5.82 Å². The molecule has 0 fully saturated rings. The molecule has 4 rings (SSSR count). The smallest absolute Gasteiger partial charge is 0.246 e. The molecule has 0 aliphatic carbocycles. The lowest BCUT2D eigenvalue weighted by Gasteiger charge is -2.11. The van der Waals surface area contributed by atoms with Crippen LogP contribution in [0.25, 0.3) is 17.1 Å². The third-order valence-corrected chi connectivity index (χ3v) is 6.54. The van der Waals surface area contributed by atoms with Gasteiger partial charge in [0.25, 0.3) is 0 Å². The number of para-hydroxylation sites is 1. The third-order valence-electron chi connectivity index (χ3n) is 4.86. The van der Waals surface area contributed by atoms with Crippen LogP contribution < -0.4 is 5.32 Å². The number of halogens is 4. The minimum Gasteiger partial charge on any atom is -0.324 e. The van der Waals surface area contributed by atoms with Gasteiger partial charge in [-0.2, -0.15) is 5.10 Å². The molecule has 1 N–H and O–H groups in total. The Morgan fingerprint density at radius 2 is 1.73 bits per heavy atom. The summed E-state index contributed by atoms with van der Waals surface area (Å²) in [6, 6.07) is 17.7. The number of carbonyl (C=O) groups is 1. The number of aryl methyl sites for hydroxylation is 1. The highest BCUT2D eigenvalue weighted by Crippen LogP contribution is 2.32. The van der Waals surface area contributed by atoms with Crippen LogP contribution in [-0.4, -0.2) is 20.3 Å². The van der Waals surface area contributed by atoms with Gasteiger partial charge in [-0.3, -0.25) is 9.36 Å². The number of anilines is 1. The van der Waals surface area contributed by atoms with Crippen LogP contribution in [0.2, 0.25) is 20.1 Å². The Kier molecular flexibility index (Phi) is 7.12. The summed E-state index contributed by atoms with van der Waals surface area (Å²) in [6.45, 7) is 1.86. The molecule has 0 radical (unpaired) electrons. The molecule has 33 heavy (non-hydrogen) atoms. The van der Waals surface area contributed by atoms with Crippen LogP contribution >= 0.6 is 58.6 Å². The van der Waals surface area contributed by atoms with Crippen molar-refractivity contribution < 1.29 is 4.79 Å². The number of hydrogen-bond acceptors (Lipinski definition) is 3. The number of benzene rings is 3. The monoisotopic (exact) mass is 536 g/mol. The van der Waals surface area contributed by atoms with E-state index in [0.29, 0.717) is 41.9 Å². The van der Waals surface area contributed by atoms with Crippen LogP contribution in [-0.2, 0) is 11.3 Å². The fraction of sp³-hybridized carbons (Fsp3) is 0.0870. The highest BCUT2D eigenvalue weighted by atomic mass is 35.5. The standard InChI is InChI=1S/C23H16Cl4N4OS/c1-13-4-2-3-5-20(13)31-22(16-8-6-14(24)10-18(16)26)29-30(23(31)33)12-21(32)28-15-7-9-17(25)19(27)11-15/h2-11H,12H2,1H3,(H,28,32). The van der Waals surface area contributed by atoms with Crippen LogP contribution in [0.15, 0.2) is 60.7 Å². The zero-order chi connectivity index (χ0) is 23.7. The molecule has 0 aliphatic rings. The van der Waals surface area contributed by atoms with Crippen molar-refractivity contribution in [1.82, 2.24) is 14.3 Å². The molecule has 3 aromatic carbocycles. The second-order valence-electron chi connectivity index (χ2n) is 7.19. The summed E-state index contributed by atoms with van der Waals surface area (Å²) in [5.41, 5.74) is 2.97. The molecular weight excluding hydrogens is 522 g/mol. The fourth-order valence-corrected chi connectivity index (χ4v) is 4.38. The Hall–Kier alpha value is -2.35. The van der Waals surface area contributed by atoms with Crippen molar-refractivity contribution in [3.63, 3.8) is 0 Å². The van der Waals surface area contributed by atoms with Gasteiger partial charge in [0.1, 0.15) is 6.54 Å². The molecular formula is C23H16Cl4N4OS. The van der Waals surface area contributed by atoms with Crippen molar-refractivity contribution in [2.75, 3.05) is 5.32 Å². The highest BCUT2D eigenvalue weighted by Gasteiger charge is 2.19. The average molecular weight is 538 g/mol. The normalized spacial score (nSPS) is 10.9. The Morgan fingerprint density at radius 1 is 0.970 bits per heavy atom. The Balaban J connectivity index is 1.76. The maximum atomic E-state index is 12.8. The molecule has 0 unspecified atom stereocenters. The molecule has 0 bridgehead atoms. The lowest BCUT2D eigenvalue weighted by Crippen LogP contribution is -2.19. The summed E-state index contributed by atoms with van der Waals surface area (Å²) in [6.07, 6.45) is 0. The number of carbonyl (C=O) groups excluding carboxylic acids is 1. The van der Waals surface area contributed by atoms with Gasteiger partial charge in [0, 0.05) is 16.3 Å². The summed E-state index contributed by atoms with van der Waals surface area (Å²) in [5.74, 6) is 0.172. The first-order valence-electron chi connectivity index (χ1n) is 9.71. The van der Waals surface area contributed by atoms with Crippen LogP contribution in [0.4, 0.5) is 5.69 Å². The van der Waals surface area contributed by atoms with Gasteiger partial charge in [-0.25, -0.2) is 4.68 Å². The molecule has 1 amide bonds. The quantitative estimate of drug-likeness (QED) is 0.266. The zero-order valence-electron chi connectivity index (χ0n) is 17.2. The van der Waals surface area contributed by atoms with E-state index >= 15 is 0 Å². The Bertz CT molecular complexity index is 1430. The summed E-state index contributed by atoms with van der Waals surface area (Å²) in [4.78, 5) is 12.8. The summed E-state index contributed by atoms with van der Waals surface area (Å²) < 4.78 is 3.59. The first-order chi connectivity index (χ1) is 15.7. The van der Waals surface area contributed by atoms with E-state index in [4.69, 9.17) is 58.6 Å². The summed E-state index contributed by atoms with van der Waals surface area (Å²) in [5, 5.41) is 9.09. The molecule has 1 aromatic heterocycles. The van der Waals surface area contributed by atoms with E-state index in [1.165, 1.54) is 4.68 Å². The number of amides is 1. The molecule has 10 heteroatoms.